The van der Waals surface area contributed by atoms with Crippen molar-refractivity contribution < 1.29 is 5.11 Å². The molecule has 0 aromatic heterocycles. The van der Waals surface area contributed by atoms with Gasteiger partial charge in [-0.2, -0.15) is 5.26 Å². The van der Waals surface area contributed by atoms with Gasteiger partial charge in [0.1, 0.15) is 6.07 Å². The second kappa shape index (κ2) is 5.67. The molecule has 0 amide bonds. The first-order valence-electron chi connectivity index (χ1n) is 5.94. The van der Waals surface area contributed by atoms with Crippen molar-refractivity contribution in [2.24, 2.45) is 0 Å². The van der Waals surface area contributed by atoms with Crippen LogP contribution in [-0.4, -0.2) is 37.4 Å². The lowest BCUT2D eigenvalue weighted by Gasteiger charge is -2.38. The fraction of sp³-hybridized carbons (Fsp3) is 0.462. The molecule has 1 atom stereocenters. The van der Waals surface area contributed by atoms with Gasteiger partial charge in [0.15, 0.2) is 0 Å². The van der Waals surface area contributed by atoms with E-state index in [4.69, 9.17) is 10.4 Å². The molecule has 17 heavy (non-hydrogen) atoms. The van der Waals surface area contributed by atoms with Gasteiger partial charge in [-0.15, -0.1) is 0 Å². The number of nitrogens with one attached hydrogen (secondary N) is 1. The van der Waals surface area contributed by atoms with Crippen LogP contribution in [0.15, 0.2) is 24.3 Å². The van der Waals surface area contributed by atoms with Gasteiger partial charge >= 0.3 is 0 Å². The third-order valence-corrected chi connectivity index (χ3v) is 3.15. The Morgan fingerprint density at radius 2 is 2.29 bits per heavy atom. The second-order valence-corrected chi connectivity index (χ2v) is 4.19. The molecular weight excluding hydrogens is 214 g/mol. The molecule has 90 valence electrons. The van der Waals surface area contributed by atoms with Crippen LogP contribution < -0.4 is 10.2 Å². The summed E-state index contributed by atoms with van der Waals surface area (Å²) in [6.45, 7) is 2.84. The van der Waals surface area contributed by atoms with E-state index in [1.54, 1.807) is 0 Å². The zero-order valence-electron chi connectivity index (χ0n) is 9.76. The number of nitrogens with zero attached hydrogens (tertiary/aromatic N) is 2. The average molecular weight is 231 g/mol. The normalized spacial score (nSPS) is 20.0. The molecule has 1 aliphatic rings. The van der Waals surface area contributed by atoms with Crippen LogP contribution in [0.2, 0.25) is 0 Å². The van der Waals surface area contributed by atoms with Gasteiger partial charge in [0.25, 0.3) is 0 Å². The van der Waals surface area contributed by atoms with E-state index in [0.29, 0.717) is 5.56 Å². The van der Waals surface area contributed by atoms with Crippen LogP contribution >= 0.6 is 0 Å². The van der Waals surface area contributed by atoms with Crippen molar-refractivity contribution in [3.63, 3.8) is 0 Å². The summed E-state index contributed by atoms with van der Waals surface area (Å²) in [4.78, 5) is 2.23. The van der Waals surface area contributed by atoms with Gasteiger partial charge < -0.3 is 15.3 Å². The Balaban J connectivity index is 2.26. The third kappa shape index (κ3) is 2.57. The number of benzene rings is 1. The van der Waals surface area contributed by atoms with Crippen LogP contribution in [-0.2, 0) is 0 Å². The molecule has 2 N–H and O–H groups in total. The Morgan fingerprint density at radius 3 is 3.06 bits per heavy atom. The standard InChI is InChI=1S/C13H17N3O/c14-9-11-3-1-2-4-13(11)16-7-6-15-10-12(16)5-8-17/h1-4,12,15,17H,5-8,10H2. The summed E-state index contributed by atoms with van der Waals surface area (Å²) in [6, 6.07) is 10.2. The molecule has 0 bridgehead atoms. The van der Waals surface area contributed by atoms with Crippen LogP contribution in [0.1, 0.15) is 12.0 Å². The SMILES string of the molecule is N#Cc1ccccc1N1CCNCC1CCO. The van der Waals surface area contributed by atoms with Crippen LogP contribution in [0.25, 0.3) is 0 Å². The Morgan fingerprint density at radius 1 is 1.47 bits per heavy atom. The number of rotatable bonds is 3. The molecule has 0 aliphatic carbocycles. The first kappa shape index (κ1) is 11.9. The van der Waals surface area contributed by atoms with E-state index in [2.05, 4.69) is 16.3 Å². The smallest absolute Gasteiger partial charge is 0.101 e. The van der Waals surface area contributed by atoms with Gasteiger partial charge in [0, 0.05) is 32.3 Å². The largest absolute Gasteiger partial charge is 0.396 e. The summed E-state index contributed by atoms with van der Waals surface area (Å²) in [6.07, 6.45) is 0.729. The molecule has 1 saturated heterocycles. The van der Waals surface area contributed by atoms with Gasteiger partial charge in [0.2, 0.25) is 0 Å². The number of para-hydroxylation sites is 1. The van der Waals surface area contributed by atoms with Gasteiger partial charge in [-0.1, -0.05) is 12.1 Å². The number of piperazine rings is 1. The minimum absolute atomic E-state index is 0.178. The first-order chi connectivity index (χ1) is 8.36. The number of hydrogen-bond donors (Lipinski definition) is 2. The van der Waals surface area contributed by atoms with Gasteiger partial charge in [-0.05, 0) is 18.6 Å². The number of hydrogen-bond acceptors (Lipinski definition) is 4. The number of aliphatic hydroxyl groups is 1. The first-order valence-corrected chi connectivity index (χ1v) is 5.94. The highest BCUT2D eigenvalue weighted by Gasteiger charge is 2.23. The van der Waals surface area contributed by atoms with Crippen LogP contribution in [0.4, 0.5) is 5.69 Å². The highest BCUT2D eigenvalue weighted by molar-refractivity contribution is 5.60. The van der Waals surface area contributed by atoms with Gasteiger partial charge in [0.05, 0.1) is 11.3 Å². The zero-order chi connectivity index (χ0) is 12.1. The molecule has 2 rings (SSSR count). The molecule has 1 aromatic carbocycles. The summed E-state index contributed by atoms with van der Waals surface area (Å²) >= 11 is 0. The lowest BCUT2D eigenvalue weighted by molar-refractivity contribution is 0.266. The molecule has 4 heteroatoms. The van der Waals surface area contributed by atoms with E-state index < -0.39 is 0 Å². The molecule has 4 nitrogen and oxygen atoms in total. The van der Waals surface area contributed by atoms with Gasteiger partial charge in [-0.3, -0.25) is 0 Å². The molecule has 1 aromatic rings. The Labute approximate surface area is 101 Å². The van der Waals surface area contributed by atoms with Gasteiger partial charge in [-0.25, -0.2) is 0 Å². The highest BCUT2D eigenvalue weighted by atomic mass is 16.3. The maximum Gasteiger partial charge on any atom is 0.101 e. The van der Waals surface area contributed by atoms with Crippen molar-refractivity contribution in [3.05, 3.63) is 29.8 Å². The molecule has 0 radical (unpaired) electrons. The predicted molar refractivity (Wildman–Crippen MR) is 66.9 cm³/mol. The molecular formula is C13H17N3O. The second-order valence-electron chi connectivity index (χ2n) is 4.19. The molecule has 0 saturated carbocycles. The quantitative estimate of drug-likeness (QED) is 0.804. The van der Waals surface area contributed by atoms with Crippen LogP contribution in [0, 0.1) is 11.3 Å². The summed E-state index contributed by atoms with van der Waals surface area (Å²) in [7, 11) is 0. The maximum atomic E-state index is 9.12. The highest BCUT2D eigenvalue weighted by Crippen LogP contribution is 2.23. The third-order valence-electron chi connectivity index (χ3n) is 3.15. The van der Waals surface area contributed by atoms with Crippen molar-refractivity contribution in [2.75, 3.05) is 31.1 Å². The minimum atomic E-state index is 0.178. The predicted octanol–water partition coefficient (Wildman–Crippen LogP) is 0.719. The van der Waals surface area contributed by atoms with Crippen molar-refractivity contribution in [3.8, 4) is 6.07 Å². The Hall–Kier alpha value is -1.57. The molecule has 1 unspecified atom stereocenters. The van der Waals surface area contributed by atoms with Crippen molar-refractivity contribution in [1.29, 1.82) is 5.26 Å². The van der Waals surface area contributed by atoms with E-state index in [1.807, 2.05) is 24.3 Å². The molecule has 1 fully saturated rings. The maximum absolute atomic E-state index is 9.12. The van der Waals surface area contributed by atoms with Crippen LogP contribution in [0.3, 0.4) is 0 Å². The monoisotopic (exact) mass is 231 g/mol. The Bertz CT molecular complexity index is 411. The molecule has 1 aliphatic heterocycles. The lowest BCUT2D eigenvalue weighted by atomic mass is 10.1. The van der Waals surface area contributed by atoms with Crippen molar-refractivity contribution in [1.82, 2.24) is 5.32 Å². The van der Waals surface area contributed by atoms with E-state index >= 15 is 0 Å². The van der Waals surface area contributed by atoms with E-state index in [9.17, 15) is 0 Å². The van der Waals surface area contributed by atoms with E-state index in [-0.39, 0.29) is 12.6 Å². The van der Waals surface area contributed by atoms with E-state index in [0.717, 1.165) is 31.7 Å². The summed E-state index contributed by atoms with van der Waals surface area (Å²) in [5.41, 5.74) is 1.69. The Kier molecular flexibility index (Phi) is 3.97. The fourth-order valence-corrected chi connectivity index (χ4v) is 2.30. The molecule has 0 spiro atoms. The number of anilines is 1. The summed E-state index contributed by atoms with van der Waals surface area (Å²) in [5.74, 6) is 0. The zero-order valence-corrected chi connectivity index (χ0v) is 9.76. The van der Waals surface area contributed by atoms with E-state index in [1.165, 1.54) is 0 Å². The summed E-state index contributed by atoms with van der Waals surface area (Å²) in [5, 5.41) is 21.5. The number of aliphatic hydroxyl groups excluding tert-OH is 1. The number of nitriles is 1. The molecule has 1 heterocycles. The minimum Gasteiger partial charge on any atom is -0.396 e. The lowest BCUT2D eigenvalue weighted by Crippen LogP contribution is -2.52. The average Bonchev–Trinajstić information content (AvgIpc) is 2.40. The summed E-state index contributed by atoms with van der Waals surface area (Å²) < 4.78 is 0. The van der Waals surface area contributed by atoms with Crippen molar-refractivity contribution in [2.45, 2.75) is 12.5 Å². The van der Waals surface area contributed by atoms with Crippen LogP contribution in [0.5, 0.6) is 0 Å². The topological polar surface area (TPSA) is 59.3 Å². The van der Waals surface area contributed by atoms with Crippen molar-refractivity contribution >= 4 is 5.69 Å². The fourth-order valence-electron chi connectivity index (χ4n) is 2.30.